The summed E-state index contributed by atoms with van der Waals surface area (Å²) in [5.74, 6) is 0.788. The maximum atomic E-state index is 12.7. The van der Waals surface area contributed by atoms with E-state index in [1.165, 1.54) is 12.8 Å². The van der Waals surface area contributed by atoms with E-state index in [0.717, 1.165) is 39.0 Å². The third kappa shape index (κ3) is 6.74. The SMILES string of the molecule is CC(C)CN(CCC(N)=S)C(C)C(=O)N1CCCCCC1. The molecule has 0 aromatic carbocycles. The second kappa shape index (κ2) is 9.36. The highest BCUT2D eigenvalue weighted by Gasteiger charge is 2.26. The summed E-state index contributed by atoms with van der Waals surface area (Å²) in [6.45, 7) is 9.88. The van der Waals surface area contributed by atoms with E-state index >= 15 is 0 Å². The van der Waals surface area contributed by atoms with Crippen molar-refractivity contribution in [2.75, 3.05) is 26.2 Å². The summed E-state index contributed by atoms with van der Waals surface area (Å²) >= 11 is 4.98. The zero-order chi connectivity index (χ0) is 15.8. The van der Waals surface area contributed by atoms with Gasteiger partial charge in [0.25, 0.3) is 0 Å². The van der Waals surface area contributed by atoms with Crippen molar-refractivity contribution in [3.8, 4) is 0 Å². The van der Waals surface area contributed by atoms with Crippen LogP contribution in [0.15, 0.2) is 0 Å². The number of carbonyl (C=O) groups is 1. The number of likely N-dealkylation sites (tertiary alicyclic amines) is 1. The van der Waals surface area contributed by atoms with Gasteiger partial charge in [0.1, 0.15) is 0 Å². The number of hydrogen-bond donors (Lipinski definition) is 1. The third-order valence-corrected chi connectivity index (χ3v) is 4.27. The van der Waals surface area contributed by atoms with E-state index in [-0.39, 0.29) is 11.9 Å². The zero-order valence-corrected chi connectivity index (χ0v) is 14.6. The van der Waals surface area contributed by atoms with Crippen LogP contribution in [0.1, 0.15) is 52.9 Å². The smallest absolute Gasteiger partial charge is 0.239 e. The maximum absolute atomic E-state index is 12.7. The molecule has 1 aliphatic rings. The molecule has 1 saturated heterocycles. The number of hydrogen-bond acceptors (Lipinski definition) is 3. The molecule has 1 rings (SSSR count). The van der Waals surface area contributed by atoms with E-state index in [1.807, 2.05) is 11.8 Å². The maximum Gasteiger partial charge on any atom is 0.239 e. The van der Waals surface area contributed by atoms with Gasteiger partial charge in [0.05, 0.1) is 11.0 Å². The van der Waals surface area contributed by atoms with E-state index in [0.29, 0.717) is 17.3 Å². The van der Waals surface area contributed by atoms with Gasteiger partial charge in [0.2, 0.25) is 5.91 Å². The van der Waals surface area contributed by atoms with Gasteiger partial charge in [0, 0.05) is 32.6 Å². The lowest BCUT2D eigenvalue weighted by Gasteiger charge is -2.33. The highest BCUT2D eigenvalue weighted by atomic mass is 32.1. The van der Waals surface area contributed by atoms with Gasteiger partial charge in [-0.2, -0.15) is 0 Å². The molecule has 1 heterocycles. The van der Waals surface area contributed by atoms with Gasteiger partial charge in [-0.25, -0.2) is 0 Å². The normalized spacial score (nSPS) is 17.9. The molecule has 2 N–H and O–H groups in total. The fourth-order valence-corrected chi connectivity index (χ4v) is 2.97. The Labute approximate surface area is 135 Å². The number of thiocarbonyl (C=S) groups is 1. The van der Waals surface area contributed by atoms with Crippen LogP contribution in [-0.4, -0.2) is 52.9 Å². The van der Waals surface area contributed by atoms with Gasteiger partial charge in [-0.15, -0.1) is 0 Å². The zero-order valence-electron chi connectivity index (χ0n) is 13.8. The molecule has 1 fully saturated rings. The molecule has 0 radical (unpaired) electrons. The second-order valence-electron chi connectivity index (χ2n) is 6.52. The van der Waals surface area contributed by atoms with Crippen LogP contribution in [0, 0.1) is 5.92 Å². The van der Waals surface area contributed by atoms with Crippen LogP contribution in [0.25, 0.3) is 0 Å². The Balaban J connectivity index is 2.65. The van der Waals surface area contributed by atoms with Gasteiger partial charge in [-0.05, 0) is 25.7 Å². The fourth-order valence-electron chi connectivity index (χ4n) is 2.88. The first kappa shape index (κ1) is 18.4. The Bertz CT molecular complexity index is 338. The van der Waals surface area contributed by atoms with E-state index in [9.17, 15) is 4.79 Å². The van der Waals surface area contributed by atoms with Crippen molar-refractivity contribution in [2.24, 2.45) is 11.7 Å². The van der Waals surface area contributed by atoms with E-state index < -0.39 is 0 Å². The number of nitrogens with zero attached hydrogens (tertiary/aromatic N) is 2. The van der Waals surface area contributed by atoms with Crippen molar-refractivity contribution in [2.45, 2.75) is 58.9 Å². The summed E-state index contributed by atoms with van der Waals surface area (Å²) in [5, 5.41) is 0. The van der Waals surface area contributed by atoms with Crippen LogP contribution in [0.5, 0.6) is 0 Å². The summed E-state index contributed by atoms with van der Waals surface area (Å²) in [5.41, 5.74) is 5.62. The lowest BCUT2D eigenvalue weighted by Crippen LogP contribution is -2.49. The van der Waals surface area contributed by atoms with Crippen LogP contribution >= 0.6 is 12.2 Å². The lowest BCUT2D eigenvalue weighted by atomic mass is 10.1. The Morgan fingerprint density at radius 2 is 1.76 bits per heavy atom. The predicted octanol–water partition coefficient (Wildman–Crippen LogP) is 2.41. The van der Waals surface area contributed by atoms with Crippen molar-refractivity contribution in [3.63, 3.8) is 0 Å². The summed E-state index contributed by atoms with van der Waals surface area (Å²) in [6, 6.07) is -0.0835. The largest absolute Gasteiger partial charge is 0.393 e. The number of carbonyl (C=O) groups excluding carboxylic acids is 1. The number of amides is 1. The number of rotatable bonds is 7. The summed E-state index contributed by atoms with van der Waals surface area (Å²) in [6.07, 6.45) is 5.44. The van der Waals surface area contributed by atoms with E-state index in [2.05, 4.69) is 18.7 Å². The summed E-state index contributed by atoms with van der Waals surface area (Å²) in [7, 11) is 0. The molecule has 0 bridgehead atoms. The highest BCUT2D eigenvalue weighted by Crippen LogP contribution is 2.14. The Morgan fingerprint density at radius 1 is 1.19 bits per heavy atom. The quantitative estimate of drug-likeness (QED) is 0.733. The van der Waals surface area contributed by atoms with Gasteiger partial charge in [-0.1, -0.05) is 38.9 Å². The molecule has 122 valence electrons. The molecule has 1 amide bonds. The summed E-state index contributed by atoms with van der Waals surface area (Å²) in [4.78, 5) is 17.5. The molecule has 1 aliphatic heterocycles. The van der Waals surface area contributed by atoms with Crippen LogP contribution in [0.2, 0.25) is 0 Å². The van der Waals surface area contributed by atoms with Crippen molar-refractivity contribution in [1.29, 1.82) is 0 Å². The minimum Gasteiger partial charge on any atom is -0.393 e. The molecule has 1 atom stereocenters. The minimum atomic E-state index is -0.0835. The highest BCUT2D eigenvalue weighted by molar-refractivity contribution is 7.80. The van der Waals surface area contributed by atoms with Gasteiger partial charge in [0.15, 0.2) is 0 Å². The van der Waals surface area contributed by atoms with E-state index in [4.69, 9.17) is 18.0 Å². The van der Waals surface area contributed by atoms with E-state index in [1.54, 1.807) is 0 Å². The van der Waals surface area contributed by atoms with Crippen LogP contribution in [0.3, 0.4) is 0 Å². The monoisotopic (exact) mass is 313 g/mol. The van der Waals surface area contributed by atoms with Crippen LogP contribution in [-0.2, 0) is 4.79 Å². The lowest BCUT2D eigenvalue weighted by molar-refractivity contribution is -0.136. The average molecular weight is 314 g/mol. The Hall–Kier alpha value is -0.680. The topological polar surface area (TPSA) is 49.6 Å². The third-order valence-electron chi connectivity index (χ3n) is 4.07. The van der Waals surface area contributed by atoms with Crippen molar-refractivity contribution in [1.82, 2.24) is 9.80 Å². The Kier molecular flexibility index (Phi) is 8.19. The van der Waals surface area contributed by atoms with Gasteiger partial charge in [-0.3, -0.25) is 9.69 Å². The molecule has 0 aromatic heterocycles. The summed E-state index contributed by atoms with van der Waals surface area (Å²) < 4.78 is 0. The first-order chi connectivity index (χ1) is 9.91. The first-order valence-corrected chi connectivity index (χ1v) is 8.63. The molecule has 1 unspecified atom stereocenters. The number of nitrogens with two attached hydrogens (primary N) is 1. The van der Waals surface area contributed by atoms with Gasteiger partial charge < -0.3 is 10.6 Å². The predicted molar refractivity (Wildman–Crippen MR) is 92.3 cm³/mol. The van der Waals surface area contributed by atoms with Gasteiger partial charge >= 0.3 is 0 Å². The van der Waals surface area contributed by atoms with Crippen molar-refractivity contribution in [3.05, 3.63) is 0 Å². The molecule has 0 aliphatic carbocycles. The molecule has 0 saturated carbocycles. The van der Waals surface area contributed by atoms with Crippen molar-refractivity contribution < 1.29 is 4.79 Å². The molecule has 0 aromatic rings. The molecule has 5 heteroatoms. The second-order valence-corrected chi connectivity index (χ2v) is 7.04. The molecular weight excluding hydrogens is 282 g/mol. The molecular formula is C16H31N3OS. The molecule has 0 spiro atoms. The molecule has 21 heavy (non-hydrogen) atoms. The van der Waals surface area contributed by atoms with Crippen LogP contribution in [0.4, 0.5) is 0 Å². The first-order valence-electron chi connectivity index (χ1n) is 8.23. The fraction of sp³-hybridized carbons (Fsp3) is 0.875. The van der Waals surface area contributed by atoms with Crippen LogP contribution < -0.4 is 5.73 Å². The van der Waals surface area contributed by atoms with Crippen molar-refractivity contribution >= 4 is 23.1 Å². The molecule has 4 nitrogen and oxygen atoms in total. The Morgan fingerprint density at radius 3 is 2.24 bits per heavy atom. The minimum absolute atomic E-state index is 0.0835. The average Bonchev–Trinajstić information content (AvgIpc) is 2.70. The standard InChI is InChI=1S/C16H31N3OS/c1-13(2)12-19(11-8-15(17)21)14(3)16(20)18-9-6-4-5-7-10-18/h13-14H,4-12H2,1-3H3,(H2,17,21).